The smallest absolute Gasteiger partial charge is 0.273 e. The van der Waals surface area contributed by atoms with Crippen molar-refractivity contribution in [1.29, 1.82) is 0 Å². The number of hydrogen-bond acceptors (Lipinski definition) is 5. The van der Waals surface area contributed by atoms with Gasteiger partial charge in [0.2, 0.25) is 5.91 Å². The summed E-state index contributed by atoms with van der Waals surface area (Å²) in [5, 5.41) is 10.3. The molecule has 3 N–H and O–H groups in total. The normalized spacial score (nSPS) is 11.6. The van der Waals surface area contributed by atoms with Crippen LogP contribution in [0.3, 0.4) is 0 Å². The number of hydrogen-bond donors (Lipinski definition) is 2. The van der Waals surface area contributed by atoms with E-state index in [1.54, 1.807) is 14.1 Å². The minimum Gasteiger partial charge on any atom is -0.349 e. The van der Waals surface area contributed by atoms with Crippen LogP contribution in [0.2, 0.25) is 0 Å². The molecule has 2 rings (SSSR count). The maximum absolute atomic E-state index is 12.2. The molecule has 1 aromatic heterocycles. The standard InChI is InChI=1S/C18H26N6O2.ClH/c1-12(2)13-5-7-14(8-6-13)15(19)9-20-18(26)16-10-24(22-21-16)11-17(25)23(3)4;/h5-8,10,12,15H,9,11,19H2,1-4H3,(H,20,26);1H. The van der Waals surface area contributed by atoms with Gasteiger partial charge in [0.15, 0.2) is 5.69 Å². The highest BCUT2D eigenvalue weighted by Crippen LogP contribution is 2.17. The third-order valence-corrected chi connectivity index (χ3v) is 4.08. The Hall–Kier alpha value is -2.45. The van der Waals surface area contributed by atoms with Crippen molar-refractivity contribution in [2.75, 3.05) is 20.6 Å². The van der Waals surface area contributed by atoms with Gasteiger partial charge in [0.1, 0.15) is 6.54 Å². The number of aromatic nitrogens is 3. The van der Waals surface area contributed by atoms with E-state index >= 15 is 0 Å². The molecule has 9 heteroatoms. The molecule has 0 fully saturated rings. The summed E-state index contributed by atoms with van der Waals surface area (Å²) in [5.74, 6) is -0.0431. The van der Waals surface area contributed by atoms with E-state index in [0.717, 1.165) is 5.56 Å². The minimum absolute atomic E-state index is 0. The van der Waals surface area contributed by atoms with Gasteiger partial charge < -0.3 is 16.0 Å². The third-order valence-electron chi connectivity index (χ3n) is 4.08. The van der Waals surface area contributed by atoms with Crippen molar-refractivity contribution in [2.24, 2.45) is 5.73 Å². The monoisotopic (exact) mass is 394 g/mol. The highest BCUT2D eigenvalue weighted by molar-refractivity contribution is 5.91. The van der Waals surface area contributed by atoms with Gasteiger partial charge in [-0.1, -0.05) is 43.3 Å². The summed E-state index contributed by atoms with van der Waals surface area (Å²) in [6.07, 6.45) is 1.44. The SMILES string of the molecule is CC(C)c1ccc(C(N)CNC(=O)c2cn(CC(=O)N(C)C)nn2)cc1.Cl. The van der Waals surface area contributed by atoms with E-state index in [4.69, 9.17) is 5.73 Å². The first-order chi connectivity index (χ1) is 12.3. The number of benzene rings is 1. The lowest BCUT2D eigenvalue weighted by Gasteiger charge is -2.14. The molecule has 0 bridgehead atoms. The topological polar surface area (TPSA) is 106 Å². The number of nitrogens with two attached hydrogens (primary N) is 1. The molecular formula is C18H27ClN6O2. The van der Waals surface area contributed by atoms with E-state index in [1.165, 1.54) is 21.3 Å². The number of carbonyl (C=O) groups is 2. The summed E-state index contributed by atoms with van der Waals surface area (Å²) in [5.41, 5.74) is 8.50. The van der Waals surface area contributed by atoms with Gasteiger partial charge in [-0.15, -0.1) is 17.5 Å². The van der Waals surface area contributed by atoms with Crippen LogP contribution in [0.5, 0.6) is 0 Å². The van der Waals surface area contributed by atoms with Gasteiger partial charge in [-0.2, -0.15) is 0 Å². The molecule has 0 spiro atoms. The lowest BCUT2D eigenvalue weighted by molar-refractivity contribution is -0.129. The molecule has 0 aliphatic rings. The molecular weight excluding hydrogens is 368 g/mol. The van der Waals surface area contributed by atoms with Crippen molar-refractivity contribution >= 4 is 24.2 Å². The first-order valence-corrected chi connectivity index (χ1v) is 8.52. The minimum atomic E-state index is -0.372. The summed E-state index contributed by atoms with van der Waals surface area (Å²) in [6, 6.07) is 7.75. The Morgan fingerprint density at radius 1 is 1.19 bits per heavy atom. The van der Waals surface area contributed by atoms with Crippen molar-refractivity contribution in [2.45, 2.75) is 32.4 Å². The molecule has 8 nitrogen and oxygen atoms in total. The van der Waals surface area contributed by atoms with E-state index in [0.29, 0.717) is 5.92 Å². The van der Waals surface area contributed by atoms with E-state index in [-0.39, 0.29) is 49.0 Å². The fraction of sp³-hybridized carbons (Fsp3) is 0.444. The molecule has 1 heterocycles. The maximum atomic E-state index is 12.2. The largest absolute Gasteiger partial charge is 0.349 e. The van der Waals surface area contributed by atoms with Crippen LogP contribution in [0, 0.1) is 0 Å². The van der Waals surface area contributed by atoms with Crippen LogP contribution in [0.25, 0.3) is 0 Å². The lowest BCUT2D eigenvalue weighted by atomic mass is 9.99. The number of likely N-dealkylation sites (N-methyl/N-ethyl adjacent to an activating group) is 1. The Kier molecular flexibility index (Phi) is 8.39. The van der Waals surface area contributed by atoms with Crippen LogP contribution >= 0.6 is 12.4 Å². The van der Waals surface area contributed by atoms with Gasteiger partial charge in [0, 0.05) is 26.7 Å². The van der Waals surface area contributed by atoms with E-state index < -0.39 is 0 Å². The van der Waals surface area contributed by atoms with Crippen LogP contribution in [0.1, 0.15) is 47.4 Å². The zero-order valence-electron chi connectivity index (χ0n) is 16.0. The Morgan fingerprint density at radius 2 is 1.78 bits per heavy atom. The fourth-order valence-corrected chi connectivity index (χ4v) is 2.30. The molecule has 1 aromatic carbocycles. The van der Waals surface area contributed by atoms with Gasteiger partial charge in [-0.05, 0) is 17.0 Å². The van der Waals surface area contributed by atoms with Crippen LogP contribution in [-0.4, -0.2) is 52.3 Å². The number of carbonyl (C=O) groups excluding carboxylic acids is 2. The number of halogens is 1. The first kappa shape index (κ1) is 22.6. The van der Waals surface area contributed by atoms with Gasteiger partial charge in [0.25, 0.3) is 5.91 Å². The fourth-order valence-electron chi connectivity index (χ4n) is 2.30. The van der Waals surface area contributed by atoms with Gasteiger partial charge in [-0.3, -0.25) is 9.59 Å². The van der Waals surface area contributed by atoms with Crippen LogP contribution in [-0.2, 0) is 11.3 Å². The van der Waals surface area contributed by atoms with E-state index in [9.17, 15) is 9.59 Å². The van der Waals surface area contributed by atoms with Crippen molar-refractivity contribution < 1.29 is 9.59 Å². The molecule has 0 radical (unpaired) electrons. The van der Waals surface area contributed by atoms with Crippen LogP contribution < -0.4 is 11.1 Å². The lowest BCUT2D eigenvalue weighted by Crippen LogP contribution is -2.32. The zero-order valence-corrected chi connectivity index (χ0v) is 16.9. The highest BCUT2D eigenvalue weighted by Gasteiger charge is 2.15. The van der Waals surface area contributed by atoms with Crippen molar-refractivity contribution in [1.82, 2.24) is 25.2 Å². The number of amides is 2. The summed E-state index contributed by atoms with van der Waals surface area (Å²) in [4.78, 5) is 25.3. The van der Waals surface area contributed by atoms with Gasteiger partial charge in [-0.25, -0.2) is 4.68 Å². The summed E-state index contributed by atoms with van der Waals surface area (Å²) in [6.45, 7) is 4.58. The first-order valence-electron chi connectivity index (χ1n) is 8.52. The molecule has 0 aliphatic heterocycles. The molecule has 2 amide bonds. The van der Waals surface area contributed by atoms with Crippen LogP contribution in [0.4, 0.5) is 0 Å². The Balaban J connectivity index is 0.00000364. The van der Waals surface area contributed by atoms with Crippen molar-refractivity contribution in [3.63, 3.8) is 0 Å². The molecule has 0 saturated carbocycles. The molecule has 1 atom stereocenters. The van der Waals surface area contributed by atoms with E-state index in [2.05, 4.69) is 41.6 Å². The molecule has 148 valence electrons. The predicted octanol–water partition coefficient (Wildman–Crippen LogP) is 1.34. The average Bonchev–Trinajstić information content (AvgIpc) is 3.07. The summed E-state index contributed by atoms with van der Waals surface area (Å²) >= 11 is 0. The van der Waals surface area contributed by atoms with Gasteiger partial charge >= 0.3 is 0 Å². The third kappa shape index (κ3) is 6.33. The second-order valence-corrected chi connectivity index (χ2v) is 6.73. The molecule has 0 aliphatic carbocycles. The highest BCUT2D eigenvalue weighted by atomic mass is 35.5. The predicted molar refractivity (Wildman–Crippen MR) is 106 cm³/mol. The molecule has 1 unspecified atom stereocenters. The molecule has 0 saturated heterocycles. The number of nitrogens with one attached hydrogen (secondary N) is 1. The number of rotatable bonds is 7. The molecule has 2 aromatic rings. The number of nitrogens with zero attached hydrogens (tertiary/aromatic N) is 4. The van der Waals surface area contributed by atoms with Crippen molar-refractivity contribution in [3.05, 3.63) is 47.3 Å². The molecule has 27 heavy (non-hydrogen) atoms. The van der Waals surface area contributed by atoms with Crippen LogP contribution in [0.15, 0.2) is 30.5 Å². The summed E-state index contributed by atoms with van der Waals surface area (Å²) < 4.78 is 1.34. The average molecular weight is 395 g/mol. The summed E-state index contributed by atoms with van der Waals surface area (Å²) in [7, 11) is 3.31. The van der Waals surface area contributed by atoms with Crippen molar-refractivity contribution in [3.8, 4) is 0 Å². The Labute approximate surface area is 165 Å². The van der Waals surface area contributed by atoms with E-state index in [1.807, 2.05) is 12.1 Å². The quantitative estimate of drug-likeness (QED) is 0.737. The Bertz CT molecular complexity index is 757. The van der Waals surface area contributed by atoms with Gasteiger partial charge in [0.05, 0.1) is 6.20 Å². The second kappa shape index (κ2) is 10.0. The Morgan fingerprint density at radius 3 is 2.33 bits per heavy atom. The second-order valence-electron chi connectivity index (χ2n) is 6.73. The maximum Gasteiger partial charge on any atom is 0.273 e. The zero-order chi connectivity index (χ0) is 19.3.